The molecule has 0 atom stereocenters. The summed E-state index contributed by atoms with van der Waals surface area (Å²) in [7, 11) is 0. The lowest BCUT2D eigenvalue weighted by Crippen LogP contribution is -2.36. The molecule has 0 spiro atoms. The van der Waals surface area contributed by atoms with E-state index in [0.29, 0.717) is 17.5 Å². The van der Waals surface area contributed by atoms with Gasteiger partial charge in [-0.05, 0) is 36.1 Å². The normalized spacial score (nSPS) is 13.8. The van der Waals surface area contributed by atoms with Gasteiger partial charge in [0.15, 0.2) is 0 Å². The van der Waals surface area contributed by atoms with Crippen LogP contribution in [0.5, 0.6) is 0 Å². The van der Waals surface area contributed by atoms with Gasteiger partial charge in [0.1, 0.15) is 5.56 Å². The van der Waals surface area contributed by atoms with Crippen LogP contribution in [0, 0.1) is 0 Å². The number of nitrogens with one attached hydrogen (secondary N) is 2. The fraction of sp³-hybridized carbons (Fsp3) is 0.333. The Hall–Kier alpha value is -2.77. The smallest absolute Gasteiger partial charge is 0.405 e. The molecule has 0 aliphatic carbocycles. The maximum atomic E-state index is 12.8. The number of anilines is 1. The van der Waals surface area contributed by atoms with Crippen molar-refractivity contribution in [3.63, 3.8) is 0 Å². The zero-order valence-electron chi connectivity index (χ0n) is 14.0. The van der Waals surface area contributed by atoms with Crippen molar-refractivity contribution in [1.29, 1.82) is 0 Å². The Morgan fingerprint density at radius 1 is 1.08 bits per heavy atom. The lowest BCUT2D eigenvalue weighted by Gasteiger charge is -2.21. The molecule has 3 rings (SSSR count). The number of rotatable bonds is 4. The van der Waals surface area contributed by atoms with E-state index in [4.69, 9.17) is 4.42 Å². The quantitative estimate of drug-likeness (QED) is 0.864. The molecule has 0 radical (unpaired) electrons. The van der Waals surface area contributed by atoms with Gasteiger partial charge in [0.05, 0.1) is 17.8 Å². The average Bonchev–Trinajstić information content (AvgIpc) is 2.59. The average molecular weight is 366 g/mol. The summed E-state index contributed by atoms with van der Waals surface area (Å²) in [6, 6.07) is 4.28. The number of benzene rings is 1. The van der Waals surface area contributed by atoms with E-state index in [9.17, 15) is 22.8 Å². The van der Waals surface area contributed by atoms with Gasteiger partial charge in [0.2, 0.25) is 5.88 Å². The molecule has 0 saturated carbocycles. The lowest BCUT2D eigenvalue weighted by atomic mass is 9.93. The number of unbranched alkanes of at least 4 members (excludes halogenated alkanes) is 1. The van der Waals surface area contributed by atoms with Crippen molar-refractivity contribution < 1.29 is 22.4 Å². The third kappa shape index (κ3) is 3.31. The van der Waals surface area contributed by atoms with Crippen molar-refractivity contribution >= 4 is 11.8 Å². The third-order valence-corrected chi connectivity index (χ3v) is 4.24. The van der Waals surface area contributed by atoms with Gasteiger partial charge in [-0.3, -0.25) is 4.79 Å². The Labute approximate surface area is 147 Å². The van der Waals surface area contributed by atoms with Crippen LogP contribution in [0.1, 0.15) is 41.3 Å². The van der Waals surface area contributed by atoms with E-state index in [1.165, 1.54) is 12.1 Å². The lowest BCUT2D eigenvalue weighted by molar-refractivity contribution is -0.137. The fourth-order valence-electron chi connectivity index (χ4n) is 2.96. The fourth-order valence-corrected chi connectivity index (χ4v) is 2.96. The number of carbonyl (C=O) groups is 1. The maximum Gasteiger partial charge on any atom is 0.416 e. The first kappa shape index (κ1) is 18.0. The highest BCUT2D eigenvalue weighted by Crippen LogP contribution is 2.33. The Morgan fingerprint density at radius 3 is 2.38 bits per heavy atom. The van der Waals surface area contributed by atoms with Crippen LogP contribution in [0.4, 0.5) is 19.1 Å². The van der Waals surface area contributed by atoms with Crippen molar-refractivity contribution in [3.05, 3.63) is 51.4 Å². The number of halogens is 3. The molecule has 0 fully saturated rings. The van der Waals surface area contributed by atoms with Crippen LogP contribution in [0.15, 0.2) is 33.5 Å². The maximum absolute atomic E-state index is 12.8. The van der Waals surface area contributed by atoms with E-state index in [-0.39, 0.29) is 29.6 Å². The summed E-state index contributed by atoms with van der Waals surface area (Å²) in [6.45, 7) is 2.11. The molecule has 2 heterocycles. The molecular weight excluding hydrogens is 349 g/mol. The van der Waals surface area contributed by atoms with Gasteiger partial charge < -0.3 is 15.1 Å². The van der Waals surface area contributed by atoms with Crippen LogP contribution in [-0.2, 0) is 12.6 Å². The molecule has 5 nitrogen and oxygen atoms in total. The Kier molecular flexibility index (Phi) is 4.76. The third-order valence-electron chi connectivity index (χ3n) is 4.24. The van der Waals surface area contributed by atoms with E-state index < -0.39 is 17.4 Å². The number of carbonyl (C=O) groups excluding carboxylic acids is 1. The second-order valence-corrected chi connectivity index (χ2v) is 5.99. The summed E-state index contributed by atoms with van der Waals surface area (Å²) in [6.07, 6.45) is -2.48. The predicted octanol–water partition coefficient (Wildman–Crippen LogP) is 3.78. The largest absolute Gasteiger partial charge is 0.416 e. The SMILES string of the molecule is CCCCc1c2c(oc(=O)c1-c1ccc(C(F)(F)F)cc1)NCNC2=O. The number of hydrogen-bond acceptors (Lipinski definition) is 4. The number of alkyl halides is 3. The van der Waals surface area contributed by atoms with Crippen LogP contribution >= 0.6 is 0 Å². The molecule has 1 aromatic carbocycles. The summed E-state index contributed by atoms with van der Waals surface area (Å²) in [5.41, 5.74) is -0.347. The van der Waals surface area contributed by atoms with Crippen molar-refractivity contribution in [2.45, 2.75) is 32.4 Å². The van der Waals surface area contributed by atoms with Crippen molar-refractivity contribution in [1.82, 2.24) is 5.32 Å². The predicted molar refractivity (Wildman–Crippen MR) is 90.0 cm³/mol. The standard InChI is InChI=1S/C18H17F3N2O3/c1-2-3-4-12-13(10-5-7-11(8-6-10)18(19,20)21)17(25)26-16-14(12)15(24)22-9-23-16/h5-8,23H,2-4,9H2,1H3,(H,22,24). The van der Waals surface area contributed by atoms with Crippen molar-refractivity contribution in [3.8, 4) is 11.1 Å². The molecule has 0 saturated heterocycles. The molecule has 0 unspecified atom stereocenters. The minimum absolute atomic E-state index is 0.0977. The Morgan fingerprint density at radius 2 is 1.77 bits per heavy atom. The van der Waals surface area contributed by atoms with E-state index in [1.54, 1.807) is 0 Å². The van der Waals surface area contributed by atoms with Gasteiger partial charge in [0, 0.05) is 0 Å². The molecule has 2 N–H and O–H groups in total. The Balaban J connectivity index is 2.18. The molecule has 1 aliphatic heterocycles. The molecule has 8 heteroatoms. The van der Waals surface area contributed by atoms with Gasteiger partial charge in [0.25, 0.3) is 5.91 Å². The van der Waals surface area contributed by atoms with Crippen molar-refractivity contribution in [2.24, 2.45) is 0 Å². The molecule has 0 bridgehead atoms. The number of hydrogen-bond donors (Lipinski definition) is 2. The second kappa shape index (κ2) is 6.86. The minimum Gasteiger partial charge on any atom is -0.405 e. The van der Waals surface area contributed by atoms with Crippen molar-refractivity contribution in [2.75, 3.05) is 12.0 Å². The van der Waals surface area contributed by atoms with Gasteiger partial charge in [-0.1, -0.05) is 25.5 Å². The number of fused-ring (bicyclic) bond motifs is 1. The van der Waals surface area contributed by atoms with Crippen LogP contribution in [0.2, 0.25) is 0 Å². The first-order chi connectivity index (χ1) is 12.3. The summed E-state index contributed by atoms with van der Waals surface area (Å²) in [4.78, 5) is 24.8. The van der Waals surface area contributed by atoms with E-state index in [2.05, 4.69) is 10.6 Å². The van der Waals surface area contributed by atoms with Crippen LogP contribution in [0.3, 0.4) is 0 Å². The monoisotopic (exact) mass is 366 g/mol. The summed E-state index contributed by atoms with van der Waals surface area (Å²) in [5.74, 6) is -0.276. The number of amides is 1. The topological polar surface area (TPSA) is 71.3 Å². The first-order valence-electron chi connectivity index (χ1n) is 8.22. The molecule has 2 aromatic rings. The molecule has 26 heavy (non-hydrogen) atoms. The highest BCUT2D eigenvalue weighted by Gasteiger charge is 2.31. The first-order valence-corrected chi connectivity index (χ1v) is 8.22. The molecule has 138 valence electrons. The van der Waals surface area contributed by atoms with Gasteiger partial charge in [-0.15, -0.1) is 0 Å². The second-order valence-electron chi connectivity index (χ2n) is 5.99. The van der Waals surface area contributed by atoms with E-state index in [0.717, 1.165) is 25.0 Å². The summed E-state index contributed by atoms with van der Waals surface area (Å²) >= 11 is 0. The molecular formula is C18H17F3N2O3. The zero-order valence-corrected chi connectivity index (χ0v) is 14.0. The summed E-state index contributed by atoms with van der Waals surface area (Å²) < 4.78 is 43.6. The molecule has 1 aromatic heterocycles. The van der Waals surface area contributed by atoms with Gasteiger partial charge >= 0.3 is 11.8 Å². The highest BCUT2D eigenvalue weighted by atomic mass is 19.4. The molecule has 1 amide bonds. The molecule has 1 aliphatic rings. The van der Waals surface area contributed by atoms with E-state index >= 15 is 0 Å². The minimum atomic E-state index is -4.46. The van der Waals surface area contributed by atoms with Crippen LogP contribution in [0.25, 0.3) is 11.1 Å². The van der Waals surface area contributed by atoms with Gasteiger partial charge in [-0.25, -0.2) is 4.79 Å². The Bertz CT molecular complexity index is 886. The van der Waals surface area contributed by atoms with E-state index in [1.807, 2.05) is 6.92 Å². The highest BCUT2D eigenvalue weighted by molar-refractivity contribution is 6.02. The summed E-state index contributed by atoms with van der Waals surface area (Å²) in [5, 5.41) is 5.43. The van der Waals surface area contributed by atoms with Crippen LogP contribution < -0.4 is 16.3 Å². The zero-order chi connectivity index (χ0) is 18.9. The van der Waals surface area contributed by atoms with Crippen LogP contribution in [-0.4, -0.2) is 12.6 Å². The van der Waals surface area contributed by atoms with Gasteiger partial charge in [-0.2, -0.15) is 13.2 Å².